The lowest BCUT2D eigenvalue weighted by atomic mass is 9.64. The molecule has 1 aliphatic heterocycles. The van der Waals surface area contributed by atoms with E-state index in [9.17, 15) is 5.11 Å². The van der Waals surface area contributed by atoms with E-state index in [-0.39, 0.29) is 11.5 Å². The fraction of sp³-hybridized carbons (Fsp3) is 0.917. The number of nitrogens with one attached hydrogen (secondary N) is 1. The fourth-order valence-electron chi connectivity index (χ4n) is 2.34. The Morgan fingerprint density at radius 2 is 2.13 bits per heavy atom. The Labute approximate surface area is 92.0 Å². The van der Waals surface area contributed by atoms with Crippen LogP contribution in [0.25, 0.3) is 0 Å². The molecule has 0 aromatic carbocycles. The van der Waals surface area contributed by atoms with E-state index >= 15 is 0 Å². The standard InChI is InChI=1S/C12H22N2O/c1-12(2)9(8-10(12)15)14-11-6-4-3-5-7-13-11/h9-10,15H,3-8H2,1-2H3,(H,13,14). The molecule has 0 radical (unpaired) electrons. The van der Waals surface area contributed by atoms with Gasteiger partial charge in [-0.25, -0.2) is 0 Å². The van der Waals surface area contributed by atoms with Crippen LogP contribution in [0.2, 0.25) is 0 Å². The van der Waals surface area contributed by atoms with Crippen molar-refractivity contribution in [3.8, 4) is 0 Å². The van der Waals surface area contributed by atoms with Gasteiger partial charge in [-0.3, -0.25) is 4.99 Å². The Hall–Kier alpha value is -0.570. The summed E-state index contributed by atoms with van der Waals surface area (Å²) in [5.74, 6) is 1.16. The summed E-state index contributed by atoms with van der Waals surface area (Å²) in [5.41, 5.74) is 0.00875. The normalized spacial score (nSPS) is 35.0. The van der Waals surface area contributed by atoms with Crippen molar-refractivity contribution in [3.05, 3.63) is 0 Å². The van der Waals surface area contributed by atoms with Gasteiger partial charge in [-0.15, -0.1) is 0 Å². The van der Waals surface area contributed by atoms with Gasteiger partial charge in [0.05, 0.1) is 11.9 Å². The summed E-state index contributed by atoms with van der Waals surface area (Å²) >= 11 is 0. The molecular formula is C12H22N2O. The smallest absolute Gasteiger partial charge is 0.0965 e. The number of aliphatic hydroxyl groups is 1. The molecule has 0 aromatic heterocycles. The first-order valence-corrected chi connectivity index (χ1v) is 6.08. The number of amidine groups is 1. The van der Waals surface area contributed by atoms with Gasteiger partial charge in [0.2, 0.25) is 0 Å². The molecule has 3 nitrogen and oxygen atoms in total. The van der Waals surface area contributed by atoms with Crippen LogP contribution in [-0.2, 0) is 0 Å². The maximum atomic E-state index is 9.65. The highest BCUT2D eigenvalue weighted by Crippen LogP contribution is 2.40. The topological polar surface area (TPSA) is 44.6 Å². The van der Waals surface area contributed by atoms with Crippen molar-refractivity contribution in [2.24, 2.45) is 10.4 Å². The van der Waals surface area contributed by atoms with E-state index in [4.69, 9.17) is 0 Å². The molecule has 1 heterocycles. The van der Waals surface area contributed by atoms with Crippen molar-refractivity contribution in [2.45, 2.75) is 58.1 Å². The van der Waals surface area contributed by atoms with Gasteiger partial charge in [-0.1, -0.05) is 20.3 Å². The van der Waals surface area contributed by atoms with E-state index in [0.29, 0.717) is 6.04 Å². The number of hydrogen-bond donors (Lipinski definition) is 2. The van der Waals surface area contributed by atoms with Crippen molar-refractivity contribution in [1.82, 2.24) is 5.32 Å². The maximum Gasteiger partial charge on any atom is 0.0965 e. The molecular weight excluding hydrogens is 188 g/mol. The average molecular weight is 210 g/mol. The zero-order valence-corrected chi connectivity index (χ0v) is 9.79. The van der Waals surface area contributed by atoms with Gasteiger partial charge in [0.1, 0.15) is 0 Å². The van der Waals surface area contributed by atoms with Crippen molar-refractivity contribution in [1.29, 1.82) is 0 Å². The molecule has 2 aliphatic rings. The van der Waals surface area contributed by atoms with E-state index in [0.717, 1.165) is 25.2 Å². The van der Waals surface area contributed by atoms with E-state index < -0.39 is 0 Å². The lowest BCUT2D eigenvalue weighted by Gasteiger charge is -2.49. The lowest BCUT2D eigenvalue weighted by molar-refractivity contribution is -0.0660. The molecule has 1 fully saturated rings. The molecule has 0 aromatic rings. The second-order valence-corrected chi connectivity index (χ2v) is 5.41. The number of aliphatic imine (C=N–C) groups is 1. The second-order valence-electron chi connectivity index (χ2n) is 5.41. The van der Waals surface area contributed by atoms with Crippen molar-refractivity contribution in [2.75, 3.05) is 6.54 Å². The maximum absolute atomic E-state index is 9.65. The van der Waals surface area contributed by atoms with Crippen LogP contribution >= 0.6 is 0 Å². The molecule has 1 saturated carbocycles. The summed E-state index contributed by atoms with van der Waals surface area (Å²) in [5, 5.41) is 13.2. The first kappa shape index (κ1) is 10.9. The Kier molecular flexibility index (Phi) is 3.01. The molecule has 15 heavy (non-hydrogen) atoms. The van der Waals surface area contributed by atoms with Crippen LogP contribution < -0.4 is 5.32 Å². The minimum atomic E-state index is -0.152. The lowest BCUT2D eigenvalue weighted by Crippen LogP contribution is -2.61. The van der Waals surface area contributed by atoms with Gasteiger partial charge < -0.3 is 10.4 Å². The Morgan fingerprint density at radius 3 is 2.80 bits per heavy atom. The van der Waals surface area contributed by atoms with Crippen LogP contribution in [0, 0.1) is 5.41 Å². The third-order valence-electron chi connectivity index (χ3n) is 3.93. The molecule has 1 aliphatic carbocycles. The molecule has 0 amide bonds. The van der Waals surface area contributed by atoms with Crippen LogP contribution in [0.15, 0.2) is 4.99 Å². The Bertz CT molecular complexity index is 260. The molecule has 2 atom stereocenters. The average Bonchev–Trinajstić information content (AvgIpc) is 2.46. The van der Waals surface area contributed by atoms with Crippen LogP contribution in [0.3, 0.4) is 0 Å². The quantitative estimate of drug-likeness (QED) is 0.692. The summed E-state index contributed by atoms with van der Waals surface area (Å²) in [7, 11) is 0. The zero-order valence-electron chi connectivity index (χ0n) is 9.79. The molecule has 2 unspecified atom stereocenters. The Balaban J connectivity index is 1.89. The summed E-state index contributed by atoms with van der Waals surface area (Å²) in [4.78, 5) is 4.56. The second kappa shape index (κ2) is 4.12. The van der Waals surface area contributed by atoms with Crippen molar-refractivity contribution < 1.29 is 5.11 Å². The number of hydrogen-bond acceptors (Lipinski definition) is 3. The SMILES string of the molecule is CC1(C)C(O)CC1NC1=NCCCCC1. The van der Waals surface area contributed by atoms with E-state index in [1.807, 2.05) is 0 Å². The third kappa shape index (κ3) is 2.17. The predicted molar refractivity (Wildman–Crippen MR) is 62.1 cm³/mol. The van der Waals surface area contributed by atoms with Crippen LogP contribution in [0.1, 0.15) is 46.0 Å². The molecule has 2 rings (SSSR count). The third-order valence-corrected chi connectivity index (χ3v) is 3.93. The number of rotatable bonds is 1. The molecule has 0 saturated heterocycles. The van der Waals surface area contributed by atoms with Crippen molar-refractivity contribution in [3.63, 3.8) is 0 Å². The predicted octanol–water partition coefficient (Wildman–Crippen LogP) is 1.71. The van der Waals surface area contributed by atoms with E-state index in [2.05, 4.69) is 24.2 Å². The number of nitrogens with zero attached hydrogens (tertiary/aromatic N) is 1. The molecule has 3 heteroatoms. The van der Waals surface area contributed by atoms with Gasteiger partial charge in [0.25, 0.3) is 0 Å². The van der Waals surface area contributed by atoms with Gasteiger partial charge >= 0.3 is 0 Å². The molecule has 0 spiro atoms. The minimum Gasteiger partial charge on any atom is -0.392 e. The largest absolute Gasteiger partial charge is 0.392 e. The minimum absolute atomic E-state index is 0.00875. The monoisotopic (exact) mass is 210 g/mol. The van der Waals surface area contributed by atoms with Crippen LogP contribution in [-0.4, -0.2) is 29.6 Å². The van der Waals surface area contributed by atoms with Crippen molar-refractivity contribution >= 4 is 5.84 Å². The summed E-state index contributed by atoms with van der Waals surface area (Å²) in [6, 6.07) is 0.407. The van der Waals surface area contributed by atoms with Gasteiger partial charge in [-0.2, -0.15) is 0 Å². The summed E-state index contributed by atoms with van der Waals surface area (Å²) in [6.45, 7) is 5.21. The molecule has 0 bridgehead atoms. The summed E-state index contributed by atoms with van der Waals surface area (Å²) in [6.07, 6.45) is 5.57. The highest BCUT2D eigenvalue weighted by atomic mass is 16.3. The highest BCUT2D eigenvalue weighted by Gasteiger charge is 2.47. The molecule has 86 valence electrons. The Morgan fingerprint density at radius 1 is 1.33 bits per heavy atom. The van der Waals surface area contributed by atoms with E-state index in [1.165, 1.54) is 19.3 Å². The van der Waals surface area contributed by atoms with Gasteiger partial charge in [0.15, 0.2) is 0 Å². The van der Waals surface area contributed by atoms with E-state index in [1.54, 1.807) is 0 Å². The van der Waals surface area contributed by atoms with Gasteiger partial charge in [0, 0.05) is 24.4 Å². The number of aliphatic hydroxyl groups excluding tert-OH is 1. The van der Waals surface area contributed by atoms with Crippen LogP contribution in [0.5, 0.6) is 0 Å². The first-order valence-electron chi connectivity index (χ1n) is 6.08. The summed E-state index contributed by atoms with van der Waals surface area (Å²) < 4.78 is 0. The molecule has 2 N–H and O–H groups in total. The zero-order chi connectivity index (χ0) is 10.9. The fourth-order valence-corrected chi connectivity index (χ4v) is 2.34. The highest BCUT2D eigenvalue weighted by molar-refractivity contribution is 5.82. The van der Waals surface area contributed by atoms with Crippen LogP contribution in [0.4, 0.5) is 0 Å². The first-order chi connectivity index (χ1) is 7.10. The van der Waals surface area contributed by atoms with Gasteiger partial charge in [-0.05, 0) is 19.3 Å².